The lowest BCUT2D eigenvalue weighted by atomic mass is 10.1. The number of nitrogens with zero attached hydrogens (tertiary/aromatic N) is 3. The van der Waals surface area contributed by atoms with Crippen LogP contribution in [0.5, 0.6) is 0 Å². The minimum Gasteiger partial charge on any atom is -0.478 e. The van der Waals surface area contributed by atoms with E-state index in [1.54, 1.807) is 12.1 Å². The van der Waals surface area contributed by atoms with Crippen molar-refractivity contribution in [2.45, 2.75) is 19.5 Å². The highest BCUT2D eigenvalue weighted by Gasteiger charge is 2.19. The SMILES string of the molecule is CC(CN1CCN(c2ccccn2)CC1)NCc1ccc(C(=O)O)cc1. The molecule has 2 aromatic rings. The van der Waals surface area contributed by atoms with Gasteiger partial charge in [0.2, 0.25) is 0 Å². The number of aromatic nitrogens is 1. The van der Waals surface area contributed by atoms with E-state index in [1.807, 2.05) is 30.5 Å². The Morgan fingerprint density at radius 1 is 1.15 bits per heavy atom. The molecule has 0 bridgehead atoms. The number of hydrogen-bond donors (Lipinski definition) is 2. The Balaban J connectivity index is 1.40. The molecule has 0 spiro atoms. The lowest BCUT2D eigenvalue weighted by Crippen LogP contribution is -2.50. The smallest absolute Gasteiger partial charge is 0.335 e. The molecule has 0 aliphatic carbocycles. The Labute approximate surface area is 154 Å². The molecule has 1 fully saturated rings. The summed E-state index contributed by atoms with van der Waals surface area (Å²) >= 11 is 0. The number of hydrogen-bond acceptors (Lipinski definition) is 5. The van der Waals surface area contributed by atoms with E-state index < -0.39 is 5.97 Å². The molecule has 0 saturated carbocycles. The Hall–Kier alpha value is -2.44. The van der Waals surface area contributed by atoms with E-state index in [0.29, 0.717) is 11.6 Å². The summed E-state index contributed by atoms with van der Waals surface area (Å²) < 4.78 is 0. The molecule has 26 heavy (non-hydrogen) atoms. The van der Waals surface area contributed by atoms with Gasteiger partial charge < -0.3 is 15.3 Å². The number of rotatable bonds is 7. The molecule has 1 aromatic carbocycles. The number of aromatic carboxylic acids is 1. The molecule has 2 heterocycles. The van der Waals surface area contributed by atoms with Crippen molar-refractivity contribution in [2.24, 2.45) is 0 Å². The van der Waals surface area contributed by atoms with E-state index in [1.165, 1.54) is 0 Å². The first-order valence-corrected chi connectivity index (χ1v) is 9.06. The fraction of sp³-hybridized carbons (Fsp3) is 0.400. The summed E-state index contributed by atoms with van der Waals surface area (Å²) in [4.78, 5) is 20.1. The number of benzene rings is 1. The molecular weight excluding hydrogens is 328 g/mol. The molecule has 138 valence electrons. The fourth-order valence-electron chi connectivity index (χ4n) is 3.21. The van der Waals surface area contributed by atoms with Crippen LogP contribution in [0.15, 0.2) is 48.7 Å². The van der Waals surface area contributed by atoms with Gasteiger partial charge in [0, 0.05) is 51.5 Å². The first-order valence-electron chi connectivity index (χ1n) is 9.06. The second-order valence-corrected chi connectivity index (χ2v) is 6.76. The van der Waals surface area contributed by atoms with Crippen LogP contribution in [0.3, 0.4) is 0 Å². The van der Waals surface area contributed by atoms with Crippen LogP contribution in [0.4, 0.5) is 5.82 Å². The van der Waals surface area contributed by atoms with E-state index in [4.69, 9.17) is 5.11 Å². The average molecular weight is 354 g/mol. The molecule has 6 nitrogen and oxygen atoms in total. The third-order valence-corrected chi connectivity index (χ3v) is 4.73. The standard InChI is InChI=1S/C20H26N4O2/c1-16(22-14-17-5-7-18(8-6-17)20(25)26)15-23-10-12-24(13-11-23)19-4-2-3-9-21-19/h2-9,16,22H,10-15H2,1H3,(H,25,26). The van der Waals surface area contributed by atoms with Crippen LogP contribution in [-0.4, -0.2) is 59.7 Å². The van der Waals surface area contributed by atoms with Crippen molar-refractivity contribution in [1.82, 2.24) is 15.2 Å². The van der Waals surface area contributed by atoms with Gasteiger partial charge in [0.25, 0.3) is 0 Å². The van der Waals surface area contributed by atoms with E-state index in [2.05, 4.69) is 33.1 Å². The normalized spacial score (nSPS) is 16.4. The summed E-state index contributed by atoms with van der Waals surface area (Å²) in [6, 6.07) is 13.5. The lowest BCUT2D eigenvalue weighted by Gasteiger charge is -2.36. The van der Waals surface area contributed by atoms with Crippen molar-refractivity contribution in [3.63, 3.8) is 0 Å². The zero-order valence-electron chi connectivity index (χ0n) is 15.1. The van der Waals surface area contributed by atoms with Crippen LogP contribution in [0.25, 0.3) is 0 Å². The Morgan fingerprint density at radius 3 is 2.50 bits per heavy atom. The van der Waals surface area contributed by atoms with Crippen LogP contribution >= 0.6 is 0 Å². The Kier molecular flexibility index (Phi) is 6.20. The van der Waals surface area contributed by atoms with Crippen molar-refractivity contribution in [3.8, 4) is 0 Å². The molecule has 6 heteroatoms. The maximum absolute atomic E-state index is 10.9. The number of carboxylic acids is 1. The largest absolute Gasteiger partial charge is 0.478 e. The summed E-state index contributed by atoms with van der Waals surface area (Å²) in [6.45, 7) is 8.02. The quantitative estimate of drug-likeness (QED) is 0.793. The number of carbonyl (C=O) groups is 1. The Bertz CT molecular complexity index is 698. The van der Waals surface area contributed by atoms with Crippen LogP contribution in [0.1, 0.15) is 22.8 Å². The van der Waals surface area contributed by atoms with Crippen molar-refractivity contribution in [3.05, 3.63) is 59.8 Å². The van der Waals surface area contributed by atoms with Gasteiger partial charge in [-0.05, 0) is 36.8 Å². The van der Waals surface area contributed by atoms with Crippen LogP contribution < -0.4 is 10.2 Å². The first kappa shape index (κ1) is 18.4. The number of anilines is 1. The zero-order chi connectivity index (χ0) is 18.4. The van der Waals surface area contributed by atoms with Gasteiger partial charge in [0.15, 0.2) is 0 Å². The first-order chi connectivity index (χ1) is 12.6. The molecule has 3 rings (SSSR count). The highest BCUT2D eigenvalue weighted by atomic mass is 16.4. The van der Waals surface area contributed by atoms with Gasteiger partial charge in [-0.1, -0.05) is 18.2 Å². The second kappa shape index (κ2) is 8.78. The third kappa shape index (κ3) is 5.03. The second-order valence-electron chi connectivity index (χ2n) is 6.76. The van der Waals surface area contributed by atoms with Gasteiger partial charge in [-0.25, -0.2) is 9.78 Å². The topological polar surface area (TPSA) is 68.7 Å². The van der Waals surface area contributed by atoms with Gasteiger partial charge in [0.05, 0.1) is 5.56 Å². The van der Waals surface area contributed by atoms with E-state index >= 15 is 0 Å². The Morgan fingerprint density at radius 2 is 1.88 bits per heavy atom. The van der Waals surface area contributed by atoms with Gasteiger partial charge in [-0.15, -0.1) is 0 Å². The number of piperazine rings is 1. The molecule has 1 atom stereocenters. The highest BCUT2D eigenvalue weighted by Crippen LogP contribution is 2.12. The predicted octanol–water partition coefficient (Wildman–Crippen LogP) is 2.08. The summed E-state index contributed by atoms with van der Waals surface area (Å²) in [7, 11) is 0. The molecule has 0 amide bonds. The molecule has 1 saturated heterocycles. The predicted molar refractivity (Wildman–Crippen MR) is 103 cm³/mol. The minimum absolute atomic E-state index is 0.326. The van der Waals surface area contributed by atoms with Gasteiger partial charge in [0.1, 0.15) is 5.82 Å². The van der Waals surface area contributed by atoms with Crippen molar-refractivity contribution in [1.29, 1.82) is 0 Å². The van der Waals surface area contributed by atoms with Crippen molar-refractivity contribution < 1.29 is 9.90 Å². The zero-order valence-corrected chi connectivity index (χ0v) is 15.1. The van der Waals surface area contributed by atoms with Gasteiger partial charge >= 0.3 is 5.97 Å². The maximum atomic E-state index is 10.9. The molecule has 1 aromatic heterocycles. The minimum atomic E-state index is -0.886. The number of nitrogens with one attached hydrogen (secondary N) is 1. The number of carboxylic acid groups (broad SMARTS) is 1. The molecule has 2 N–H and O–H groups in total. The molecule has 0 radical (unpaired) electrons. The monoisotopic (exact) mass is 354 g/mol. The molecular formula is C20H26N4O2. The van der Waals surface area contributed by atoms with Gasteiger partial charge in [-0.2, -0.15) is 0 Å². The van der Waals surface area contributed by atoms with Crippen molar-refractivity contribution in [2.75, 3.05) is 37.6 Å². The molecule has 1 aliphatic rings. The summed E-state index contributed by atoms with van der Waals surface area (Å²) in [5.74, 6) is 0.172. The lowest BCUT2D eigenvalue weighted by molar-refractivity contribution is 0.0697. The summed E-state index contributed by atoms with van der Waals surface area (Å²) in [6.07, 6.45) is 1.84. The van der Waals surface area contributed by atoms with E-state index in [9.17, 15) is 4.79 Å². The summed E-state index contributed by atoms with van der Waals surface area (Å²) in [5, 5.41) is 12.5. The van der Waals surface area contributed by atoms with Crippen LogP contribution in [0.2, 0.25) is 0 Å². The van der Waals surface area contributed by atoms with E-state index in [-0.39, 0.29) is 0 Å². The summed E-state index contributed by atoms with van der Waals surface area (Å²) in [5.41, 5.74) is 1.43. The molecule has 1 aliphatic heterocycles. The van der Waals surface area contributed by atoms with E-state index in [0.717, 1.165) is 50.6 Å². The van der Waals surface area contributed by atoms with Crippen molar-refractivity contribution >= 4 is 11.8 Å². The molecule has 1 unspecified atom stereocenters. The average Bonchev–Trinajstić information content (AvgIpc) is 2.68. The van der Waals surface area contributed by atoms with Crippen LogP contribution in [0, 0.1) is 0 Å². The highest BCUT2D eigenvalue weighted by molar-refractivity contribution is 5.87. The number of pyridine rings is 1. The fourth-order valence-corrected chi connectivity index (χ4v) is 3.21. The third-order valence-electron chi connectivity index (χ3n) is 4.73. The maximum Gasteiger partial charge on any atom is 0.335 e. The van der Waals surface area contributed by atoms with Gasteiger partial charge in [-0.3, -0.25) is 4.90 Å². The van der Waals surface area contributed by atoms with Crippen LogP contribution in [-0.2, 0) is 6.54 Å².